The van der Waals surface area contributed by atoms with Crippen LogP contribution in [0.1, 0.15) is 30.9 Å². The fourth-order valence-electron chi connectivity index (χ4n) is 3.75. The number of piperidine rings is 1. The van der Waals surface area contributed by atoms with Crippen LogP contribution in [0, 0.1) is 22.6 Å². The quantitative estimate of drug-likeness (QED) is 0.788. The molecule has 5 heteroatoms. The maximum absolute atomic E-state index is 13.5. The minimum atomic E-state index is -0.594. The molecule has 0 spiro atoms. The fraction of sp³-hybridized carbons (Fsp3) is 0.364. The van der Waals surface area contributed by atoms with E-state index in [-0.39, 0.29) is 24.6 Å². The van der Waals surface area contributed by atoms with Crippen LogP contribution in [0.15, 0.2) is 54.6 Å². The Labute approximate surface area is 159 Å². The van der Waals surface area contributed by atoms with Crippen LogP contribution in [-0.4, -0.2) is 23.6 Å². The van der Waals surface area contributed by atoms with Crippen LogP contribution < -0.4 is 0 Å². The number of likely N-dealkylation sites (tertiary alicyclic amines) is 1. The first-order chi connectivity index (χ1) is 13.0. The van der Waals surface area contributed by atoms with E-state index in [1.807, 2.05) is 43.3 Å². The molecule has 1 fully saturated rings. The zero-order chi connectivity index (χ0) is 19.3. The maximum atomic E-state index is 13.5. The smallest absolute Gasteiger partial charge is 0.410 e. The van der Waals surface area contributed by atoms with Crippen molar-refractivity contribution in [3.05, 3.63) is 71.5 Å². The summed E-state index contributed by atoms with van der Waals surface area (Å²) in [5, 5.41) is 9.79. The minimum Gasteiger partial charge on any atom is -0.445 e. The van der Waals surface area contributed by atoms with Gasteiger partial charge in [0.25, 0.3) is 0 Å². The minimum absolute atomic E-state index is 0.116. The van der Waals surface area contributed by atoms with Crippen molar-refractivity contribution in [2.45, 2.75) is 38.8 Å². The topological polar surface area (TPSA) is 53.3 Å². The van der Waals surface area contributed by atoms with Gasteiger partial charge in [-0.25, -0.2) is 9.18 Å². The largest absolute Gasteiger partial charge is 0.445 e. The second kappa shape index (κ2) is 8.22. The average molecular weight is 366 g/mol. The van der Waals surface area contributed by atoms with Crippen LogP contribution in [0.4, 0.5) is 9.18 Å². The lowest BCUT2D eigenvalue weighted by Gasteiger charge is -2.41. The highest BCUT2D eigenvalue weighted by Gasteiger charge is 2.40. The number of benzene rings is 2. The van der Waals surface area contributed by atoms with Crippen LogP contribution in [0.3, 0.4) is 0 Å². The van der Waals surface area contributed by atoms with Gasteiger partial charge in [0.15, 0.2) is 0 Å². The molecule has 1 amide bonds. The molecule has 4 nitrogen and oxygen atoms in total. The number of nitrogens with zero attached hydrogens (tertiary/aromatic N) is 2. The third-order valence-corrected chi connectivity index (χ3v) is 5.16. The highest BCUT2D eigenvalue weighted by Crippen LogP contribution is 2.38. The second-order valence-corrected chi connectivity index (χ2v) is 7.24. The Morgan fingerprint density at radius 1 is 1.26 bits per heavy atom. The fourth-order valence-corrected chi connectivity index (χ4v) is 3.75. The third kappa shape index (κ3) is 4.65. The zero-order valence-electron chi connectivity index (χ0n) is 15.4. The summed E-state index contributed by atoms with van der Waals surface area (Å²) in [4.78, 5) is 14.1. The SMILES string of the molecule is C[C@H]1CC(C#N)(Cc2cccc(F)c2)CCN1C(=O)OCc1ccccc1. The predicted octanol–water partition coefficient (Wildman–Crippen LogP) is 4.70. The number of ether oxygens (including phenoxy) is 1. The molecule has 0 aliphatic carbocycles. The van der Waals surface area contributed by atoms with Crippen molar-refractivity contribution in [2.75, 3.05) is 6.54 Å². The van der Waals surface area contributed by atoms with Gasteiger partial charge in [-0.15, -0.1) is 0 Å². The molecule has 1 saturated heterocycles. The summed E-state index contributed by atoms with van der Waals surface area (Å²) >= 11 is 0. The molecule has 0 radical (unpaired) electrons. The monoisotopic (exact) mass is 366 g/mol. The standard InChI is InChI=1S/C22H23FN2O2/c1-17-13-22(16-24,14-19-8-5-9-20(23)12-19)10-11-25(17)21(26)27-15-18-6-3-2-4-7-18/h2-9,12,17H,10-11,13-15H2,1H3/t17-,22?/m0/s1. The van der Waals surface area contributed by atoms with Crippen LogP contribution in [0.25, 0.3) is 0 Å². The van der Waals surface area contributed by atoms with Crippen LogP contribution in [0.2, 0.25) is 0 Å². The predicted molar refractivity (Wildman–Crippen MR) is 100 cm³/mol. The summed E-state index contributed by atoms with van der Waals surface area (Å²) in [6, 6.07) is 18.2. The molecule has 27 heavy (non-hydrogen) atoms. The summed E-state index contributed by atoms with van der Waals surface area (Å²) in [6.45, 7) is 2.62. The highest BCUT2D eigenvalue weighted by molar-refractivity contribution is 5.68. The van der Waals surface area contributed by atoms with Crippen LogP contribution in [0.5, 0.6) is 0 Å². The van der Waals surface area contributed by atoms with E-state index >= 15 is 0 Å². The number of hydrogen-bond acceptors (Lipinski definition) is 3. The summed E-state index contributed by atoms with van der Waals surface area (Å²) in [5.41, 5.74) is 1.15. The molecule has 2 aromatic rings. The van der Waals surface area contributed by atoms with Gasteiger partial charge in [0.2, 0.25) is 0 Å². The van der Waals surface area contributed by atoms with Crippen molar-refractivity contribution in [3.63, 3.8) is 0 Å². The van der Waals surface area contributed by atoms with Gasteiger partial charge in [0.05, 0.1) is 11.5 Å². The summed E-state index contributed by atoms with van der Waals surface area (Å²) in [7, 11) is 0. The number of nitriles is 1. The number of halogens is 1. The van der Waals surface area contributed by atoms with Crippen molar-refractivity contribution in [1.29, 1.82) is 5.26 Å². The molecule has 2 aromatic carbocycles. The van der Waals surface area contributed by atoms with E-state index in [9.17, 15) is 14.4 Å². The Bertz CT molecular complexity index is 834. The third-order valence-electron chi connectivity index (χ3n) is 5.16. The van der Waals surface area contributed by atoms with Crippen LogP contribution in [-0.2, 0) is 17.8 Å². The van der Waals surface area contributed by atoms with Gasteiger partial charge in [-0.2, -0.15) is 5.26 Å². The average Bonchev–Trinajstić information content (AvgIpc) is 2.67. The highest BCUT2D eigenvalue weighted by atomic mass is 19.1. The number of rotatable bonds is 4. The number of carbonyl (C=O) groups excluding carboxylic acids is 1. The number of amides is 1. The van der Waals surface area contributed by atoms with Crippen molar-refractivity contribution in [2.24, 2.45) is 5.41 Å². The summed E-state index contributed by atoms with van der Waals surface area (Å²) in [6.07, 6.45) is 1.22. The van der Waals surface area contributed by atoms with Crippen molar-refractivity contribution in [3.8, 4) is 6.07 Å². The lowest BCUT2D eigenvalue weighted by molar-refractivity contribution is 0.0498. The van der Waals surface area contributed by atoms with E-state index in [4.69, 9.17) is 4.74 Å². The second-order valence-electron chi connectivity index (χ2n) is 7.24. The normalized spacial score (nSPS) is 22.1. The van der Waals surface area contributed by atoms with Crippen LogP contribution >= 0.6 is 0 Å². The van der Waals surface area contributed by atoms with Gasteiger partial charge in [0, 0.05) is 12.6 Å². The van der Waals surface area contributed by atoms with Crippen molar-refractivity contribution in [1.82, 2.24) is 4.90 Å². The van der Waals surface area contributed by atoms with Gasteiger partial charge in [-0.3, -0.25) is 0 Å². The molecule has 0 saturated carbocycles. The Hall–Kier alpha value is -2.87. The van der Waals surface area contributed by atoms with Gasteiger partial charge >= 0.3 is 6.09 Å². The molecule has 1 aliphatic heterocycles. The molecule has 140 valence electrons. The lowest BCUT2D eigenvalue weighted by Crippen LogP contribution is -2.49. The molecule has 1 unspecified atom stereocenters. The van der Waals surface area contributed by atoms with E-state index in [1.165, 1.54) is 12.1 Å². The van der Waals surface area contributed by atoms with E-state index in [0.717, 1.165) is 11.1 Å². The summed E-state index contributed by atoms with van der Waals surface area (Å²) in [5.74, 6) is -0.296. The molecule has 1 aliphatic rings. The molecule has 0 N–H and O–H groups in total. The first-order valence-corrected chi connectivity index (χ1v) is 9.14. The van der Waals surface area contributed by atoms with Gasteiger partial charge in [-0.1, -0.05) is 42.5 Å². The zero-order valence-corrected chi connectivity index (χ0v) is 15.4. The number of carbonyl (C=O) groups is 1. The van der Waals surface area contributed by atoms with Gasteiger partial charge in [-0.05, 0) is 49.4 Å². The number of hydrogen-bond donors (Lipinski definition) is 0. The Kier molecular flexibility index (Phi) is 5.75. The van der Waals surface area contributed by atoms with E-state index in [0.29, 0.717) is 25.8 Å². The van der Waals surface area contributed by atoms with E-state index in [1.54, 1.807) is 11.0 Å². The Morgan fingerprint density at radius 3 is 2.67 bits per heavy atom. The molecule has 3 rings (SSSR count). The Balaban J connectivity index is 1.61. The van der Waals surface area contributed by atoms with E-state index < -0.39 is 5.41 Å². The molecule has 1 heterocycles. The van der Waals surface area contributed by atoms with Crippen molar-refractivity contribution < 1.29 is 13.9 Å². The molecular weight excluding hydrogens is 343 g/mol. The molecule has 0 aromatic heterocycles. The first kappa shape index (κ1) is 18.9. The Morgan fingerprint density at radius 2 is 2.00 bits per heavy atom. The van der Waals surface area contributed by atoms with E-state index in [2.05, 4.69) is 6.07 Å². The lowest BCUT2D eigenvalue weighted by atomic mass is 9.73. The first-order valence-electron chi connectivity index (χ1n) is 9.14. The molecule has 2 atom stereocenters. The van der Waals surface area contributed by atoms with Gasteiger partial charge < -0.3 is 9.64 Å². The molecule has 0 bridgehead atoms. The van der Waals surface area contributed by atoms with Crippen molar-refractivity contribution >= 4 is 6.09 Å². The van der Waals surface area contributed by atoms with Gasteiger partial charge in [0.1, 0.15) is 12.4 Å². The molecular formula is C22H23FN2O2. The summed E-state index contributed by atoms with van der Waals surface area (Å²) < 4.78 is 18.9. The maximum Gasteiger partial charge on any atom is 0.410 e.